The number of methoxy groups -OCH3 is 2. The number of hydrogen-bond acceptors (Lipinski definition) is 7. The van der Waals surface area contributed by atoms with Crippen molar-refractivity contribution in [2.45, 2.75) is 4.90 Å². The molecule has 0 aliphatic rings. The molecule has 10 heteroatoms. The molecule has 0 atom stereocenters. The lowest BCUT2D eigenvalue weighted by Crippen LogP contribution is -2.21. The van der Waals surface area contributed by atoms with E-state index in [1.165, 1.54) is 32.4 Å². The number of hydrogen-bond donors (Lipinski definition) is 2. The van der Waals surface area contributed by atoms with Crippen molar-refractivity contribution in [1.29, 1.82) is 5.26 Å². The van der Waals surface area contributed by atoms with Crippen molar-refractivity contribution in [1.82, 2.24) is 0 Å². The van der Waals surface area contributed by atoms with Crippen molar-refractivity contribution >= 4 is 27.3 Å². The number of nitrogens with zero attached hydrogens (tertiary/aromatic N) is 1. The molecule has 0 aromatic heterocycles. The maximum atomic E-state index is 12.9. The number of anilines is 2. The predicted octanol–water partition coefficient (Wildman–Crippen LogP) is 3.39. The van der Waals surface area contributed by atoms with Crippen LogP contribution in [0.1, 0.15) is 5.56 Å². The molecule has 0 aliphatic heterocycles. The SMILES string of the molecule is COc1ccc(S(=O)(=O)Nc2ccccc2OC)cc1NC(=O)COc1ccccc1C#N. The first-order valence-corrected chi connectivity index (χ1v) is 11.1. The summed E-state index contributed by atoms with van der Waals surface area (Å²) in [6.07, 6.45) is 0. The zero-order valence-corrected chi connectivity index (χ0v) is 18.7. The van der Waals surface area contributed by atoms with Crippen LogP contribution < -0.4 is 24.2 Å². The smallest absolute Gasteiger partial charge is 0.262 e. The first kappa shape index (κ1) is 23.4. The highest BCUT2D eigenvalue weighted by Crippen LogP contribution is 2.30. The third kappa shape index (κ3) is 5.72. The highest BCUT2D eigenvalue weighted by atomic mass is 32.2. The van der Waals surface area contributed by atoms with Crippen LogP contribution in [0.25, 0.3) is 0 Å². The number of carbonyl (C=O) groups is 1. The van der Waals surface area contributed by atoms with E-state index in [0.717, 1.165) is 0 Å². The van der Waals surface area contributed by atoms with Crippen LogP contribution in [0.3, 0.4) is 0 Å². The molecule has 0 aliphatic carbocycles. The first-order valence-electron chi connectivity index (χ1n) is 9.63. The second-order valence-electron chi connectivity index (χ2n) is 6.61. The fourth-order valence-corrected chi connectivity index (χ4v) is 4.00. The van der Waals surface area contributed by atoms with Crippen LogP contribution in [0.15, 0.2) is 71.6 Å². The summed E-state index contributed by atoms with van der Waals surface area (Å²) < 4.78 is 44.1. The van der Waals surface area contributed by atoms with Gasteiger partial charge in [-0.05, 0) is 42.5 Å². The Morgan fingerprint density at radius 2 is 1.55 bits per heavy atom. The van der Waals surface area contributed by atoms with Gasteiger partial charge in [0.1, 0.15) is 23.3 Å². The summed E-state index contributed by atoms with van der Waals surface area (Å²) in [4.78, 5) is 12.3. The van der Waals surface area contributed by atoms with Gasteiger partial charge >= 0.3 is 0 Å². The molecule has 3 rings (SSSR count). The maximum Gasteiger partial charge on any atom is 0.262 e. The molecule has 0 saturated heterocycles. The van der Waals surface area contributed by atoms with Gasteiger partial charge in [-0.25, -0.2) is 8.42 Å². The van der Waals surface area contributed by atoms with Gasteiger partial charge in [-0.1, -0.05) is 24.3 Å². The fraction of sp³-hybridized carbons (Fsp3) is 0.130. The van der Waals surface area contributed by atoms with Crippen LogP contribution in [0.5, 0.6) is 17.2 Å². The van der Waals surface area contributed by atoms with E-state index in [0.29, 0.717) is 11.3 Å². The van der Waals surface area contributed by atoms with Gasteiger partial charge in [0.05, 0.1) is 36.1 Å². The normalized spacial score (nSPS) is 10.6. The molecular weight excluding hydrogens is 446 g/mol. The summed E-state index contributed by atoms with van der Waals surface area (Å²) >= 11 is 0. The Kier molecular flexibility index (Phi) is 7.38. The average molecular weight is 468 g/mol. The molecule has 0 heterocycles. The number of sulfonamides is 1. The van der Waals surface area contributed by atoms with Crippen LogP contribution in [0, 0.1) is 11.3 Å². The third-order valence-corrected chi connectivity index (χ3v) is 5.84. The highest BCUT2D eigenvalue weighted by molar-refractivity contribution is 7.92. The van der Waals surface area contributed by atoms with Gasteiger partial charge in [-0.15, -0.1) is 0 Å². The monoisotopic (exact) mass is 467 g/mol. The summed E-state index contributed by atoms with van der Waals surface area (Å²) in [6.45, 7) is -0.391. The maximum absolute atomic E-state index is 12.9. The minimum absolute atomic E-state index is 0.0970. The fourth-order valence-electron chi connectivity index (χ4n) is 2.90. The van der Waals surface area contributed by atoms with E-state index in [4.69, 9.17) is 19.5 Å². The minimum Gasteiger partial charge on any atom is -0.495 e. The molecule has 0 bridgehead atoms. The molecular formula is C23H21N3O6S. The van der Waals surface area contributed by atoms with Gasteiger partial charge in [-0.2, -0.15) is 5.26 Å². The average Bonchev–Trinajstić information content (AvgIpc) is 2.83. The van der Waals surface area contributed by atoms with Gasteiger partial charge in [0, 0.05) is 0 Å². The molecule has 0 unspecified atom stereocenters. The van der Waals surface area contributed by atoms with Crippen LogP contribution in [-0.4, -0.2) is 35.2 Å². The topological polar surface area (TPSA) is 127 Å². The summed E-state index contributed by atoms with van der Waals surface area (Å²) in [7, 11) is -1.17. The Morgan fingerprint density at radius 1 is 0.909 bits per heavy atom. The first-order chi connectivity index (χ1) is 15.9. The Morgan fingerprint density at radius 3 is 2.24 bits per heavy atom. The quantitative estimate of drug-likeness (QED) is 0.494. The highest BCUT2D eigenvalue weighted by Gasteiger charge is 2.19. The van der Waals surface area contributed by atoms with Gasteiger partial charge in [-0.3, -0.25) is 9.52 Å². The largest absolute Gasteiger partial charge is 0.495 e. The number of para-hydroxylation sites is 3. The molecule has 33 heavy (non-hydrogen) atoms. The molecule has 9 nitrogen and oxygen atoms in total. The van der Waals surface area contributed by atoms with E-state index in [2.05, 4.69) is 10.0 Å². The number of amides is 1. The van der Waals surface area contributed by atoms with E-state index < -0.39 is 22.5 Å². The van der Waals surface area contributed by atoms with Crippen molar-refractivity contribution < 1.29 is 27.4 Å². The summed E-state index contributed by atoms with van der Waals surface area (Å²) in [5.74, 6) is 0.322. The molecule has 0 fully saturated rings. The molecule has 3 aromatic rings. The third-order valence-electron chi connectivity index (χ3n) is 4.47. The number of nitriles is 1. The van der Waals surface area contributed by atoms with Gasteiger partial charge in [0.15, 0.2) is 6.61 Å². The van der Waals surface area contributed by atoms with Crippen LogP contribution in [0.2, 0.25) is 0 Å². The second-order valence-corrected chi connectivity index (χ2v) is 8.30. The number of nitrogens with one attached hydrogen (secondary N) is 2. The summed E-state index contributed by atoms with van der Waals surface area (Å²) in [6, 6.07) is 19.1. The van der Waals surface area contributed by atoms with Crippen molar-refractivity contribution in [3.8, 4) is 23.3 Å². The molecule has 170 valence electrons. The van der Waals surface area contributed by atoms with Crippen molar-refractivity contribution in [3.05, 3.63) is 72.3 Å². The molecule has 0 radical (unpaired) electrons. The van der Waals surface area contributed by atoms with Gasteiger partial charge in [0.2, 0.25) is 0 Å². The van der Waals surface area contributed by atoms with E-state index >= 15 is 0 Å². The standard InChI is InChI=1S/C23H21N3O6S/c1-30-21-10-6-4-8-18(21)26-33(28,29)17-11-12-22(31-2)19(13-17)25-23(27)15-32-20-9-5-3-7-16(20)14-24/h3-13,26H,15H2,1-2H3,(H,25,27). The zero-order valence-electron chi connectivity index (χ0n) is 17.9. The van der Waals surface area contributed by atoms with Crippen molar-refractivity contribution in [3.63, 3.8) is 0 Å². The summed E-state index contributed by atoms with van der Waals surface area (Å²) in [5.41, 5.74) is 0.701. The van der Waals surface area contributed by atoms with E-state index in [9.17, 15) is 13.2 Å². The lowest BCUT2D eigenvalue weighted by atomic mass is 10.2. The molecule has 3 aromatic carbocycles. The molecule has 0 spiro atoms. The Balaban J connectivity index is 1.79. The molecule has 2 N–H and O–H groups in total. The number of carbonyl (C=O) groups excluding carboxylic acids is 1. The van der Waals surface area contributed by atoms with Gasteiger partial charge < -0.3 is 19.5 Å². The van der Waals surface area contributed by atoms with E-state index in [1.54, 1.807) is 48.5 Å². The van der Waals surface area contributed by atoms with Gasteiger partial charge in [0.25, 0.3) is 15.9 Å². The van der Waals surface area contributed by atoms with E-state index in [-0.39, 0.29) is 27.8 Å². The molecule has 0 saturated carbocycles. The van der Waals surface area contributed by atoms with E-state index in [1.807, 2.05) is 6.07 Å². The Bertz CT molecular complexity index is 1300. The predicted molar refractivity (Wildman–Crippen MR) is 122 cm³/mol. The second kappa shape index (κ2) is 10.4. The summed E-state index contributed by atoms with van der Waals surface area (Å²) in [5, 5.41) is 11.7. The Labute approximate surface area is 191 Å². The van der Waals surface area contributed by atoms with Crippen molar-refractivity contribution in [2.24, 2.45) is 0 Å². The van der Waals surface area contributed by atoms with Crippen LogP contribution in [0.4, 0.5) is 11.4 Å². The molecule has 1 amide bonds. The zero-order chi connectivity index (χ0) is 23.8. The minimum atomic E-state index is -4.00. The number of benzene rings is 3. The number of rotatable bonds is 9. The van der Waals surface area contributed by atoms with Crippen LogP contribution >= 0.6 is 0 Å². The van der Waals surface area contributed by atoms with Crippen molar-refractivity contribution in [2.75, 3.05) is 30.9 Å². The van der Waals surface area contributed by atoms with Crippen LogP contribution in [-0.2, 0) is 14.8 Å². The lowest BCUT2D eigenvalue weighted by Gasteiger charge is -2.15. The Hall–Kier alpha value is -4.23. The lowest BCUT2D eigenvalue weighted by molar-refractivity contribution is -0.118. The number of ether oxygens (including phenoxy) is 3.